The van der Waals surface area contributed by atoms with Crippen LogP contribution in [0.1, 0.15) is 53.1 Å². The zero-order valence-electron chi connectivity index (χ0n) is 14.9. The molecule has 2 amide bonds. The molecule has 132 valence electrons. The number of aromatic nitrogens is 1. The van der Waals surface area contributed by atoms with E-state index >= 15 is 0 Å². The van der Waals surface area contributed by atoms with Crippen LogP contribution in [0.3, 0.4) is 0 Å². The monoisotopic (exact) mass is 366 g/mol. The minimum absolute atomic E-state index is 0.299. The number of halogens is 1. The zero-order valence-corrected chi connectivity index (χ0v) is 15.6. The predicted octanol–water partition coefficient (Wildman–Crippen LogP) is 5.27. The largest absolute Gasteiger partial charge is 0.269 e. The Morgan fingerprint density at radius 2 is 1.46 bits per heavy atom. The highest BCUT2D eigenvalue weighted by atomic mass is 35.5. The van der Waals surface area contributed by atoms with Gasteiger partial charge in [0.2, 0.25) is 0 Å². The Morgan fingerprint density at radius 3 is 2.08 bits per heavy atom. The van der Waals surface area contributed by atoms with E-state index in [1.165, 1.54) is 4.90 Å². The molecule has 0 fully saturated rings. The van der Waals surface area contributed by atoms with E-state index in [2.05, 4.69) is 4.98 Å². The maximum atomic E-state index is 12.6. The Kier molecular flexibility index (Phi) is 5.05. The van der Waals surface area contributed by atoms with Gasteiger partial charge in [-0.1, -0.05) is 55.8 Å². The highest BCUT2D eigenvalue weighted by Crippen LogP contribution is 2.36. The molecule has 3 aromatic rings. The van der Waals surface area contributed by atoms with Gasteiger partial charge in [0.05, 0.1) is 27.7 Å². The lowest BCUT2D eigenvalue weighted by atomic mass is 10.1. The van der Waals surface area contributed by atoms with E-state index in [9.17, 15) is 9.59 Å². The molecule has 1 unspecified atom stereocenters. The van der Waals surface area contributed by atoms with Crippen LogP contribution >= 0.6 is 11.6 Å². The summed E-state index contributed by atoms with van der Waals surface area (Å²) in [6.07, 6.45) is 1.64. The third-order valence-corrected chi connectivity index (χ3v) is 4.82. The van der Waals surface area contributed by atoms with E-state index in [0.29, 0.717) is 21.7 Å². The van der Waals surface area contributed by atoms with E-state index in [4.69, 9.17) is 11.6 Å². The van der Waals surface area contributed by atoms with Crippen molar-refractivity contribution in [1.29, 1.82) is 0 Å². The molecule has 2 aromatic carbocycles. The fourth-order valence-electron chi connectivity index (χ4n) is 3.11. The molecule has 4 nitrogen and oxygen atoms in total. The minimum atomic E-state index is -0.498. The number of amides is 2. The number of nitrogens with zero attached hydrogens (tertiary/aromatic N) is 2. The molecule has 0 radical (unpaired) electrons. The molecular formula is C21H19ClN2O2. The van der Waals surface area contributed by atoms with Gasteiger partial charge in [-0.15, -0.1) is 0 Å². The van der Waals surface area contributed by atoms with Gasteiger partial charge in [-0.3, -0.25) is 19.5 Å². The van der Waals surface area contributed by atoms with Gasteiger partial charge in [0, 0.05) is 17.1 Å². The SMILES string of the molecule is CC.CC(c1cnc2ccccc2c1Cl)N1C(=O)c2ccccc2C1=O. The third-order valence-electron chi connectivity index (χ3n) is 4.40. The number of hydrogen-bond acceptors (Lipinski definition) is 3. The smallest absolute Gasteiger partial charge is 0.262 e. The standard InChI is InChI=1S/C19H13ClN2O2.C2H6/c1-11(15-10-21-16-9-5-4-8-14(16)17(15)20)22-18(23)12-6-2-3-7-13(12)19(22)24;1-2/h2-11H,1H3;1-2H3. The summed E-state index contributed by atoms with van der Waals surface area (Å²) in [5.74, 6) is -0.598. The molecule has 26 heavy (non-hydrogen) atoms. The molecule has 0 aliphatic carbocycles. The van der Waals surface area contributed by atoms with E-state index in [0.717, 1.165) is 10.9 Å². The number of fused-ring (bicyclic) bond motifs is 2. The van der Waals surface area contributed by atoms with Crippen molar-refractivity contribution < 1.29 is 9.59 Å². The highest BCUT2D eigenvalue weighted by molar-refractivity contribution is 6.36. The van der Waals surface area contributed by atoms with Crippen molar-refractivity contribution in [2.75, 3.05) is 0 Å². The second kappa shape index (κ2) is 7.26. The van der Waals surface area contributed by atoms with Crippen molar-refractivity contribution in [3.05, 3.63) is 76.4 Å². The number of imide groups is 1. The van der Waals surface area contributed by atoms with Crippen LogP contribution in [0.4, 0.5) is 0 Å². The molecule has 0 bridgehead atoms. The summed E-state index contributed by atoms with van der Waals surface area (Å²) >= 11 is 6.53. The van der Waals surface area contributed by atoms with E-state index in [-0.39, 0.29) is 11.8 Å². The number of para-hydroxylation sites is 1. The molecule has 0 spiro atoms. The van der Waals surface area contributed by atoms with Crippen molar-refractivity contribution in [2.24, 2.45) is 0 Å². The maximum absolute atomic E-state index is 12.6. The van der Waals surface area contributed by atoms with Crippen LogP contribution in [0, 0.1) is 0 Å². The van der Waals surface area contributed by atoms with Crippen LogP contribution < -0.4 is 0 Å². The average molecular weight is 367 g/mol. The first-order valence-electron chi connectivity index (χ1n) is 8.59. The first kappa shape index (κ1) is 18.1. The molecule has 1 aliphatic rings. The summed E-state index contributed by atoms with van der Waals surface area (Å²) in [6.45, 7) is 5.79. The number of carbonyl (C=O) groups is 2. The van der Waals surface area contributed by atoms with Crippen molar-refractivity contribution in [1.82, 2.24) is 9.88 Å². The summed E-state index contributed by atoms with van der Waals surface area (Å²) in [6, 6.07) is 13.9. The molecule has 1 aromatic heterocycles. The minimum Gasteiger partial charge on any atom is -0.269 e. The van der Waals surface area contributed by atoms with Gasteiger partial charge in [0.1, 0.15) is 0 Å². The Balaban J connectivity index is 0.000000948. The second-order valence-corrected chi connectivity index (χ2v) is 6.12. The number of hydrogen-bond donors (Lipinski definition) is 0. The van der Waals surface area contributed by atoms with Crippen molar-refractivity contribution >= 4 is 34.3 Å². The molecule has 1 atom stereocenters. The quantitative estimate of drug-likeness (QED) is 0.580. The Morgan fingerprint density at radius 1 is 0.923 bits per heavy atom. The first-order chi connectivity index (χ1) is 12.6. The topological polar surface area (TPSA) is 50.3 Å². The molecule has 2 heterocycles. The number of benzene rings is 2. The Bertz CT molecular complexity index is 965. The Hall–Kier alpha value is -2.72. The lowest BCUT2D eigenvalue weighted by Gasteiger charge is -2.24. The molecule has 0 N–H and O–H groups in total. The molecule has 0 saturated carbocycles. The zero-order chi connectivity index (χ0) is 18.8. The van der Waals surface area contributed by atoms with Gasteiger partial charge in [-0.05, 0) is 25.1 Å². The Labute approximate surface area is 157 Å². The van der Waals surface area contributed by atoms with Gasteiger partial charge in [0.25, 0.3) is 11.8 Å². The molecule has 5 heteroatoms. The third kappa shape index (κ3) is 2.76. The average Bonchev–Trinajstić information content (AvgIpc) is 2.94. The summed E-state index contributed by atoms with van der Waals surface area (Å²) in [5, 5.41) is 1.32. The lowest BCUT2D eigenvalue weighted by molar-refractivity contribution is 0.0595. The predicted molar refractivity (Wildman–Crippen MR) is 103 cm³/mol. The van der Waals surface area contributed by atoms with Crippen molar-refractivity contribution in [3.8, 4) is 0 Å². The number of pyridine rings is 1. The van der Waals surface area contributed by atoms with Gasteiger partial charge >= 0.3 is 0 Å². The van der Waals surface area contributed by atoms with Gasteiger partial charge < -0.3 is 0 Å². The van der Waals surface area contributed by atoms with Crippen LogP contribution in [-0.2, 0) is 0 Å². The van der Waals surface area contributed by atoms with Crippen molar-refractivity contribution in [3.63, 3.8) is 0 Å². The van der Waals surface area contributed by atoms with Gasteiger partial charge in [-0.25, -0.2) is 0 Å². The van der Waals surface area contributed by atoms with Crippen molar-refractivity contribution in [2.45, 2.75) is 26.8 Å². The molecule has 4 rings (SSSR count). The first-order valence-corrected chi connectivity index (χ1v) is 8.97. The fraction of sp³-hybridized carbons (Fsp3) is 0.190. The number of carbonyl (C=O) groups excluding carboxylic acids is 2. The van der Waals surface area contributed by atoms with Gasteiger partial charge in [0.15, 0.2) is 0 Å². The van der Waals surface area contributed by atoms with E-state index in [1.54, 1.807) is 37.4 Å². The number of rotatable bonds is 2. The van der Waals surface area contributed by atoms with E-state index < -0.39 is 6.04 Å². The fourth-order valence-corrected chi connectivity index (χ4v) is 3.48. The second-order valence-electron chi connectivity index (χ2n) is 5.75. The molecule has 0 saturated heterocycles. The highest BCUT2D eigenvalue weighted by Gasteiger charge is 2.39. The van der Waals surface area contributed by atoms with Gasteiger partial charge in [-0.2, -0.15) is 0 Å². The van der Waals surface area contributed by atoms with Crippen LogP contribution in [-0.4, -0.2) is 21.7 Å². The van der Waals surface area contributed by atoms with Crippen LogP contribution in [0.15, 0.2) is 54.7 Å². The normalized spacial score (nSPS) is 14.1. The van der Waals surface area contributed by atoms with E-state index in [1.807, 2.05) is 38.1 Å². The lowest BCUT2D eigenvalue weighted by Crippen LogP contribution is -2.32. The van der Waals surface area contributed by atoms with Crippen LogP contribution in [0.2, 0.25) is 5.02 Å². The molecular weight excluding hydrogens is 348 g/mol. The molecule has 1 aliphatic heterocycles. The summed E-state index contributed by atoms with van der Waals surface area (Å²) < 4.78 is 0. The summed E-state index contributed by atoms with van der Waals surface area (Å²) in [7, 11) is 0. The summed E-state index contributed by atoms with van der Waals surface area (Å²) in [4.78, 5) is 30.9. The maximum Gasteiger partial charge on any atom is 0.262 e. The van der Waals surface area contributed by atoms with Crippen LogP contribution in [0.5, 0.6) is 0 Å². The summed E-state index contributed by atoms with van der Waals surface area (Å²) in [5.41, 5.74) is 2.30. The van der Waals surface area contributed by atoms with Crippen LogP contribution in [0.25, 0.3) is 10.9 Å².